The topological polar surface area (TPSA) is 47.3 Å². The van der Waals surface area contributed by atoms with Crippen molar-refractivity contribution in [1.29, 1.82) is 0 Å². The predicted octanol–water partition coefficient (Wildman–Crippen LogP) is 2.76. The highest BCUT2D eigenvalue weighted by Gasteiger charge is 2.19. The fourth-order valence-electron chi connectivity index (χ4n) is 1.89. The second-order valence-electron chi connectivity index (χ2n) is 3.86. The Morgan fingerprint density at radius 1 is 1.50 bits per heavy atom. The minimum atomic E-state index is -0.799. The first kappa shape index (κ1) is 13.1. The van der Waals surface area contributed by atoms with Crippen LogP contribution in [-0.2, 0) is 6.54 Å². The molecule has 1 heterocycles. The molecule has 0 saturated heterocycles. The van der Waals surface area contributed by atoms with Gasteiger partial charge in [0.1, 0.15) is 17.7 Å². The maximum absolute atomic E-state index is 10.4. The molecule has 0 radical (unpaired) electrons. The first-order valence-electron chi connectivity index (χ1n) is 5.70. The van der Waals surface area contributed by atoms with E-state index in [4.69, 9.17) is 4.74 Å². The number of methoxy groups -OCH3 is 1. The highest BCUT2D eigenvalue weighted by molar-refractivity contribution is 9.10. The summed E-state index contributed by atoms with van der Waals surface area (Å²) in [5, 5.41) is 10.4. The van der Waals surface area contributed by atoms with Crippen LogP contribution in [0, 0.1) is 0 Å². The fourth-order valence-corrected chi connectivity index (χ4v) is 2.27. The number of hydrogen-bond donors (Lipinski definition) is 1. The van der Waals surface area contributed by atoms with Gasteiger partial charge in [0.05, 0.1) is 7.11 Å². The molecular formula is C13H15BrN2O2. The van der Waals surface area contributed by atoms with E-state index in [2.05, 4.69) is 20.9 Å². The Hall–Kier alpha value is -1.33. The Labute approximate surface area is 114 Å². The maximum atomic E-state index is 10.4. The molecule has 2 rings (SSSR count). The normalized spacial score (nSPS) is 12.4. The zero-order chi connectivity index (χ0) is 13.1. The zero-order valence-corrected chi connectivity index (χ0v) is 11.9. The van der Waals surface area contributed by atoms with Crippen molar-refractivity contribution >= 4 is 15.9 Å². The third-order valence-electron chi connectivity index (χ3n) is 2.82. The molecule has 2 aromatic rings. The minimum absolute atomic E-state index is 0.619. The molecule has 0 aliphatic heterocycles. The molecule has 1 aromatic carbocycles. The Morgan fingerprint density at radius 2 is 2.28 bits per heavy atom. The van der Waals surface area contributed by atoms with Crippen LogP contribution in [0.2, 0.25) is 0 Å². The van der Waals surface area contributed by atoms with Crippen LogP contribution in [0.15, 0.2) is 35.1 Å². The van der Waals surface area contributed by atoms with E-state index < -0.39 is 6.10 Å². The summed E-state index contributed by atoms with van der Waals surface area (Å²) in [4.78, 5) is 4.21. The highest BCUT2D eigenvalue weighted by atomic mass is 79.9. The van der Waals surface area contributed by atoms with Gasteiger partial charge in [0.2, 0.25) is 0 Å². The fraction of sp³-hybridized carbons (Fsp3) is 0.308. The van der Waals surface area contributed by atoms with Crippen LogP contribution in [0.1, 0.15) is 24.4 Å². The molecule has 0 saturated carbocycles. The van der Waals surface area contributed by atoms with Gasteiger partial charge in [-0.1, -0.05) is 15.9 Å². The number of imidazole rings is 1. The van der Waals surface area contributed by atoms with E-state index in [9.17, 15) is 5.11 Å². The van der Waals surface area contributed by atoms with E-state index in [0.29, 0.717) is 17.1 Å². The van der Waals surface area contributed by atoms with Gasteiger partial charge in [-0.05, 0) is 25.1 Å². The number of aliphatic hydroxyl groups is 1. The molecule has 96 valence electrons. The molecule has 0 fully saturated rings. The van der Waals surface area contributed by atoms with Crippen molar-refractivity contribution in [1.82, 2.24) is 9.55 Å². The Balaban J connectivity index is 2.45. The number of nitrogens with zero attached hydrogens (tertiary/aromatic N) is 2. The minimum Gasteiger partial charge on any atom is -0.496 e. The van der Waals surface area contributed by atoms with Gasteiger partial charge in [-0.15, -0.1) is 0 Å². The second-order valence-corrected chi connectivity index (χ2v) is 4.78. The first-order chi connectivity index (χ1) is 8.67. The largest absolute Gasteiger partial charge is 0.496 e. The smallest absolute Gasteiger partial charge is 0.142 e. The van der Waals surface area contributed by atoms with Gasteiger partial charge < -0.3 is 14.4 Å². The van der Waals surface area contributed by atoms with E-state index in [1.54, 1.807) is 13.3 Å². The summed E-state index contributed by atoms with van der Waals surface area (Å²) in [6.07, 6.45) is 2.74. The molecule has 1 N–H and O–H groups in total. The van der Waals surface area contributed by atoms with Crippen molar-refractivity contribution in [3.05, 3.63) is 46.5 Å². The van der Waals surface area contributed by atoms with Crippen molar-refractivity contribution in [3.8, 4) is 5.75 Å². The van der Waals surface area contributed by atoms with Gasteiger partial charge in [-0.3, -0.25) is 0 Å². The van der Waals surface area contributed by atoms with Gasteiger partial charge in [0.25, 0.3) is 0 Å². The quantitative estimate of drug-likeness (QED) is 0.944. The lowest BCUT2D eigenvalue weighted by Crippen LogP contribution is -2.10. The zero-order valence-electron chi connectivity index (χ0n) is 10.3. The summed E-state index contributed by atoms with van der Waals surface area (Å²) in [5.74, 6) is 1.27. The van der Waals surface area contributed by atoms with Gasteiger partial charge in [0, 0.05) is 29.0 Å². The summed E-state index contributed by atoms with van der Waals surface area (Å²) in [6, 6.07) is 5.54. The molecule has 4 nitrogen and oxygen atoms in total. The van der Waals surface area contributed by atoms with E-state index in [1.165, 1.54) is 0 Å². The van der Waals surface area contributed by atoms with E-state index in [1.807, 2.05) is 35.9 Å². The third-order valence-corrected chi connectivity index (χ3v) is 3.31. The maximum Gasteiger partial charge on any atom is 0.142 e. The van der Waals surface area contributed by atoms with Gasteiger partial charge in [-0.25, -0.2) is 4.98 Å². The molecule has 0 amide bonds. The Bertz CT molecular complexity index is 540. The van der Waals surface area contributed by atoms with Crippen LogP contribution in [0.3, 0.4) is 0 Å². The number of aromatic nitrogens is 2. The van der Waals surface area contributed by atoms with E-state index >= 15 is 0 Å². The lowest BCUT2D eigenvalue weighted by Gasteiger charge is -2.16. The Morgan fingerprint density at radius 3 is 2.94 bits per heavy atom. The lowest BCUT2D eigenvalue weighted by atomic mass is 10.1. The van der Waals surface area contributed by atoms with Crippen molar-refractivity contribution < 1.29 is 9.84 Å². The number of benzene rings is 1. The van der Waals surface area contributed by atoms with Crippen molar-refractivity contribution in [3.63, 3.8) is 0 Å². The molecule has 1 aromatic heterocycles. The van der Waals surface area contributed by atoms with Crippen LogP contribution in [0.5, 0.6) is 5.75 Å². The summed E-state index contributed by atoms with van der Waals surface area (Å²) in [7, 11) is 1.59. The van der Waals surface area contributed by atoms with Gasteiger partial charge in [0.15, 0.2) is 0 Å². The number of aryl methyl sites for hydroxylation is 1. The second kappa shape index (κ2) is 5.54. The molecule has 0 aliphatic rings. The van der Waals surface area contributed by atoms with E-state index in [-0.39, 0.29) is 0 Å². The third kappa shape index (κ3) is 2.42. The summed E-state index contributed by atoms with van der Waals surface area (Å²) in [5.41, 5.74) is 0.702. The van der Waals surface area contributed by atoms with Crippen LogP contribution in [-0.4, -0.2) is 21.8 Å². The van der Waals surface area contributed by atoms with Crippen molar-refractivity contribution in [2.45, 2.75) is 19.6 Å². The number of ether oxygens (including phenoxy) is 1. The monoisotopic (exact) mass is 310 g/mol. The highest BCUT2D eigenvalue weighted by Crippen LogP contribution is 2.31. The SMILES string of the molecule is CCn1ccnc1C(O)c1cc(Br)ccc1OC. The lowest BCUT2D eigenvalue weighted by molar-refractivity contribution is 0.199. The number of hydrogen-bond acceptors (Lipinski definition) is 3. The number of rotatable bonds is 4. The average molecular weight is 311 g/mol. The van der Waals surface area contributed by atoms with Gasteiger partial charge >= 0.3 is 0 Å². The predicted molar refractivity (Wildman–Crippen MR) is 72.7 cm³/mol. The molecule has 0 aliphatic carbocycles. The average Bonchev–Trinajstić information content (AvgIpc) is 2.86. The summed E-state index contributed by atoms with van der Waals surface area (Å²) >= 11 is 3.40. The van der Waals surface area contributed by atoms with Crippen molar-refractivity contribution in [2.75, 3.05) is 7.11 Å². The molecule has 0 bridgehead atoms. The number of aliphatic hydroxyl groups excluding tert-OH is 1. The van der Waals surface area contributed by atoms with Crippen LogP contribution >= 0.6 is 15.9 Å². The molecule has 5 heteroatoms. The standard InChI is InChI=1S/C13H15BrN2O2/c1-3-16-7-6-15-13(16)12(17)10-8-9(14)4-5-11(10)18-2/h4-8,12,17H,3H2,1-2H3. The molecule has 18 heavy (non-hydrogen) atoms. The summed E-state index contributed by atoms with van der Waals surface area (Å²) in [6.45, 7) is 2.78. The van der Waals surface area contributed by atoms with Gasteiger partial charge in [-0.2, -0.15) is 0 Å². The molecular weight excluding hydrogens is 296 g/mol. The van der Waals surface area contributed by atoms with E-state index in [0.717, 1.165) is 11.0 Å². The van der Waals surface area contributed by atoms with Crippen molar-refractivity contribution in [2.24, 2.45) is 0 Å². The van der Waals surface area contributed by atoms with Crippen LogP contribution in [0.4, 0.5) is 0 Å². The molecule has 0 spiro atoms. The van der Waals surface area contributed by atoms with Crippen LogP contribution in [0.25, 0.3) is 0 Å². The Kier molecular flexibility index (Phi) is 4.04. The number of halogens is 1. The first-order valence-corrected chi connectivity index (χ1v) is 6.49. The molecule has 1 atom stereocenters. The molecule has 1 unspecified atom stereocenters. The van der Waals surface area contributed by atoms with Crippen LogP contribution < -0.4 is 4.74 Å². The summed E-state index contributed by atoms with van der Waals surface area (Å²) < 4.78 is 8.08.